The van der Waals surface area contributed by atoms with E-state index in [2.05, 4.69) is 43.9 Å². The first kappa shape index (κ1) is 12.4. The third-order valence-electron chi connectivity index (χ3n) is 4.17. The van der Waals surface area contributed by atoms with Gasteiger partial charge < -0.3 is 10.6 Å². The van der Waals surface area contributed by atoms with Crippen LogP contribution < -0.4 is 10.6 Å². The van der Waals surface area contributed by atoms with Gasteiger partial charge in [-0.3, -0.25) is 0 Å². The van der Waals surface area contributed by atoms with Crippen molar-refractivity contribution in [3.63, 3.8) is 0 Å². The van der Waals surface area contributed by atoms with Crippen molar-refractivity contribution < 1.29 is 0 Å². The molecule has 0 spiro atoms. The van der Waals surface area contributed by atoms with Gasteiger partial charge in [-0.25, -0.2) is 0 Å². The lowest BCUT2D eigenvalue weighted by molar-refractivity contribution is 0.324. The highest BCUT2D eigenvalue weighted by molar-refractivity contribution is 5.54. The molecule has 2 unspecified atom stereocenters. The van der Waals surface area contributed by atoms with E-state index < -0.39 is 0 Å². The Morgan fingerprint density at radius 3 is 2.65 bits per heavy atom. The maximum absolute atomic E-state index is 5.67. The van der Waals surface area contributed by atoms with Crippen molar-refractivity contribution in [1.29, 1.82) is 0 Å². The van der Waals surface area contributed by atoms with Crippen molar-refractivity contribution in [2.24, 2.45) is 17.6 Å². The minimum absolute atomic E-state index is 0.633. The Labute approximate surface area is 105 Å². The number of nitrogens with two attached hydrogens (primary N) is 1. The number of benzene rings is 1. The van der Waals surface area contributed by atoms with Crippen LogP contribution in [0.1, 0.15) is 31.4 Å². The van der Waals surface area contributed by atoms with Crippen LogP contribution in [-0.4, -0.2) is 13.1 Å². The van der Waals surface area contributed by atoms with E-state index in [1.165, 1.54) is 36.3 Å². The van der Waals surface area contributed by atoms with Gasteiger partial charge in [0.05, 0.1) is 0 Å². The smallest absolute Gasteiger partial charge is 0.0396 e. The molecular formula is C15H24N2. The van der Waals surface area contributed by atoms with Gasteiger partial charge in [0.1, 0.15) is 0 Å². The summed E-state index contributed by atoms with van der Waals surface area (Å²) in [4.78, 5) is 2.53. The third kappa shape index (κ3) is 2.63. The van der Waals surface area contributed by atoms with E-state index in [1.54, 1.807) is 0 Å². The fraction of sp³-hybridized carbons (Fsp3) is 0.600. The van der Waals surface area contributed by atoms with E-state index in [4.69, 9.17) is 5.73 Å². The van der Waals surface area contributed by atoms with Gasteiger partial charge in [0.15, 0.2) is 0 Å². The van der Waals surface area contributed by atoms with Crippen LogP contribution in [0.25, 0.3) is 0 Å². The van der Waals surface area contributed by atoms with Crippen LogP contribution >= 0.6 is 0 Å². The Bertz CT molecular complexity index is 387. The number of aryl methyl sites for hydroxylation is 1. The van der Waals surface area contributed by atoms with Crippen molar-refractivity contribution in [2.75, 3.05) is 18.0 Å². The van der Waals surface area contributed by atoms with Crippen molar-refractivity contribution in [2.45, 2.75) is 33.7 Å². The Kier molecular flexibility index (Phi) is 3.72. The maximum Gasteiger partial charge on any atom is 0.0396 e. The van der Waals surface area contributed by atoms with Crippen LogP contribution in [0, 0.1) is 18.8 Å². The highest BCUT2D eigenvalue weighted by atomic mass is 15.1. The predicted molar refractivity (Wildman–Crippen MR) is 74.2 cm³/mol. The number of hydrogen-bond donors (Lipinski definition) is 1. The molecule has 0 saturated carbocycles. The molecule has 1 aliphatic rings. The van der Waals surface area contributed by atoms with E-state index in [9.17, 15) is 0 Å². The van der Waals surface area contributed by atoms with Gasteiger partial charge in [0.2, 0.25) is 0 Å². The molecule has 2 nitrogen and oxygen atoms in total. The Morgan fingerprint density at radius 2 is 2.06 bits per heavy atom. The predicted octanol–water partition coefficient (Wildman–Crippen LogP) is 2.94. The molecule has 0 aliphatic carbocycles. The first-order chi connectivity index (χ1) is 8.11. The highest BCUT2D eigenvalue weighted by Crippen LogP contribution is 2.29. The van der Waals surface area contributed by atoms with E-state index >= 15 is 0 Å². The molecular weight excluding hydrogens is 208 g/mol. The van der Waals surface area contributed by atoms with Gasteiger partial charge in [-0.15, -0.1) is 0 Å². The summed E-state index contributed by atoms with van der Waals surface area (Å²) in [6.07, 6.45) is 1.30. The molecule has 2 rings (SSSR count). The largest absolute Gasteiger partial charge is 0.371 e. The fourth-order valence-electron chi connectivity index (χ4n) is 2.68. The van der Waals surface area contributed by atoms with E-state index in [-0.39, 0.29) is 0 Å². The van der Waals surface area contributed by atoms with Gasteiger partial charge in [-0.1, -0.05) is 26.0 Å². The van der Waals surface area contributed by atoms with Crippen molar-refractivity contribution >= 4 is 5.69 Å². The van der Waals surface area contributed by atoms with Gasteiger partial charge in [-0.05, 0) is 42.4 Å². The highest BCUT2D eigenvalue weighted by Gasteiger charge is 2.23. The van der Waals surface area contributed by atoms with Crippen molar-refractivity contribution in [1.82, 2.24) is 0 Å². The van der Waals surface area contributed by atoms with Crippen LogP contribution in [-0.2, 0) is 6.54 Å². The summed E-state index contributed by atoms with van der Waals surface area (Å²) in [5.74, 6) is 1.65. The molecule has 0 radical (unpaired) electrons. The molecule has 2 N–H and O–H groups in total. The average molecular weight is 232 g/mol. The summed E-state index contributed by atoms with van der Waals surface area (Å²) in [5, 5.41) is 0. The molecule has 0 bridgehead atoms. The number of hydrogen-bond acceptors (Lipinski definition) is 2. The van der Waals surface area contributed by atoms with E-state index in [1.807, 2.05) is 0 Å². The first-order valence-corrected chi connectivity index (χ1v) is 6.66. The van der Waals surface area contributed by atoms with Crippen LogP contribution in [0.15, 0.2) is 18.2 Å². The molecule has 1 fully saturated rings. The Hall–Kier alpha value is -1.02. The summed E-state index contributed by atoms with van der Waals surface area (Å²) in [6, 6.07) is 6.61. The average Bonchev–Trinajstić information content (AvgIpc) is 2.32. The number of nitrogens with zero attached hydrogens (tertiary/aromatic N) is 1. The Morgan fingerprint density at radius 1 is 1.29 bits per heavy atom. The molecule has 1 saturated heterocycles. The van der Waals surface area contributed by atoms with E-state index in [0.717, 1.165) is 11.8 Å². The second kappa shape index (κ2) is 5.09. The zero-order chi connectivity index (χ0) is 12.4. The molecule has 17 heavy (non-hydrogen) atoms. The monoisotopic (exact) mass is 232 g/mol. The molecule has 1 aromatic carbocycles. The summed E-state index contributed by atoms with van der Waals surface area (Å²) >= 11 is 0. The summed E-state index contributed by atoms with van der Waals surface area (Å²) in [5.41, 5.74) is 9.65. The first-order valence-electron chi connectivity index (χ1n) is 6.66. The lowest BCUT2D eigenvalue weighted by atomic mass is 9.88. The fourth-order valence-corrected chi connectivity index (χ4v) is 2.68. The lowest BCUT2D eigenvalue weighted by Gasteiger charge is -2.37. The van der Waals surface area contributed by atoms with Gasteiger partial charge in [0.25, 0.3) is 0 Å². The third-order valence-corrected chi connectivity index (χ3v) is 4.17. The second-order valence-electron chi connectivity index (χ2n) is 5.51. The molecule has 1 heterocycles. The quantitative estimate of drug-likeness (QED) is 0.849. The SMILES string of the molecule is Cc1cc(CN)ccc1N1CCC(C)C(C)C1. The van der Waals surface area contributed by atoms with Crippen LogP contribution in [0.2, 0.25) is 0 Å². The summed E-state index contributed by atoms with van der Waals surface area (Å²) in [7, 11) is 0. The van der Waals surface area contributed by atoms with Gasteiger partial charge >= 0.3 is 0 Å². The van der Waals surface area contributed by atoms with Crippen molar-refractivity contribution in [3.05, 3.63) is 29.3 Å². The molecule has 2 atom stereocenters. The maximum atomic E-state index is 5.67. The molecule has 0 aromatic heterocycles. The van der Waals surface area contributed by atoms with Crippen molar-refractivity contribution in [3.8, 4) is 0 Å². The molecule has 1 aromatic rings. The molecule has 1 aliphatic heterocycles. The topological polar surface area (TPSA) is 29.3 Å². The standard InChI is InChI=1S/C15H24N2/c1-11-6-7-17(10-13(11)3)15-5-4-14(9-16)8-12(15)2/h4-5,8,11,13H,6-7,9-10,16H2,1-3H3. The number of rotatable bonds is 2. The van der Waals surface area contributed by atoms with Gasteiger partial charge in [0, 0.05) is 25.3 Å². The normalized spacial score (nSPS) is 25.1. The Balaban J connectivity index is 2.17. The zero-order valence-corrected chi connectivity index (χ0v) is 11.2. The summed E-state index contributed by atoms with van der Waals surface area (Å²) < 4.78 is 0. The molecule has 0 amide bonds. The van der Waals surface area contributed by atoms with E-state index in [0.29, 0.717) is 6.54 Å². The lowest BCUT2D eigenvalue weighted by Crippen LogP contribution is -2.38. The van der Waals surface area contributed by atoms with Crippen LogP contribution in [0.4, 0.5) is 5.69 Å². The second-order valence-corrected chi connectivity index (χ2v) is 5.51. The minimum Gasteiger partial charge on any atom is -0.371 e. The minimum atomic E-state index is 0.633. The number of anilines is 1. The summed E-state index contributed by atoms with van der Waals surface area (Å²) in [6.45, 7) is 9.93. The van der Waals surface area contributed by atoms with Gasteiger partial charge in [-0.2, -0.15) is 0 Å². The van der Waals surface area contributed by atoms with Crippen LogP contribution in [0.5, 0.6) is 0 Å². The number of piperidine rings is 1. The molecule has 94 valence electrons. The van der Waals surface area contributed by atoms with Crippen LogP contribution in [0.3, 0.4) is 0 Å². The zero-order valence-electron chi connectivity index (χ0n) is 11.2. The molecule has 2 heteroatoms.